The van der Waals surface area contributed by atoms with E-state index in [-0.39, 0.29) is 0 Å². The van der Waals surface area contributed by atoms with E-state index in [0.717, 1.165) is 82.4 Å². The van der Waals surface area contributed by atoms with E-state index in [2.05, 4.69) is 46.9 Å². The quantitative estimate of drug-likeness (QED) is 0.367. The molecule has 1 aromatic rings. The monoisotopic (exact) mass is 403 g/mol. The summed E-state index contributed by atoms with van der Waals surface area (Å²) in [4.78, 5) is 4.46. The predicted octanol–water partition coefficient (Wildman–Crippen LogP) is 3.38. The standard InChI is InChI=1S/C22H33N3O2S/c1-3-11-24(2)12-4-5-14-26-19-8-9-21-18(16-19)10-13-25(21)22(28)23-17-20-7-6-15-27-20/h3,8-9,16,20H,1,4-7,10-15,17H2,2H3,(H,23,28). The number of ether oxygens (including phenoxy) is 2. The molecular weight excluding hydrogens is 370 g/mol. The Morgan fingerprint density at radius 3 is 3.14 bits per heavy atom. The third-order valence-electron chi connectivity index (χ3n) is 5.34. The summed E-state index contributed by atoms with van der Waals surface area (Å²) in [5.41, 5.74) is 2.51. The number of nitrogens with one attached hydrogen (secondary N) is 1. The van der Waals surface area contributed by atoms with Gasteiger partial charge in [-0.2, -0.15) is 0 Å². The molecule has 0 amide bonds. The summed E-state index contributed by atoms with van der Waals surface area (Å²) in [6.45, 7) is 9.13. The van der Waals surface area contributed by atoms with Gasteiger partial charge in [0.15, 0.2) is 5.11 Å². The predicted molar refractivity (Wildman–Crippen MR) is 119 cm³/mol. The first-order valence-electron chi connectivity index (χ1n) is 10.4. The zero-order valence-corrected chi connectivity index (χ0v) is 17.8. The van der Waals surface area contributed by atoms with Crippen LogP contribution in [0.5, 0.6) is 5.75 Å². The summed E-state index contributed by atoms with van der Waals surface area (Å²) in [5, 5.41) is 4.18. The van der Waals surface area contributed by atoms with Crippen LogP contribution in [0.2, 0.25) is 0 Å². The first-order valence-corrected chi connectivity index (χ1v) is 10.8. The molecule has 0 spiro atoms. The summed E-state index contributed by atoms with van der Waals surface area (Å²) in [7, 11) is 2.12. The first-order chi connectivity index (χ1) is 13.7. The Kier molecular flexibility index (Phi) is 8.13. The number of unbranched alkanes of at least 4 members (excludes halogenated alkanes) is 1. The molecule has 154 valence electrons. The largest absolute Gasteiger partial charge is 0.494 e. The average molecular weight is 404 g/mol. The lowest BCUT2D eigenvalue weighted by molar-refractivity contribution is 0.114. The third-order valence-corrected chi connectivity index (χ3v) is 5.71. The lowest BCUT2D eigenvalue weighted by atomic mass is 10.1. The van der Waals surface area contributed by atoms with Gasteiger partial charge in [0.05, 0.1) is 12.7 Å². The number of hydrogen-bond donors (Lipinski definition) is 1. The maximum Gasteiger partial charge on any atom is 0.173 e. The number of likely N-dealkylation sites (N-methyl/N-ethyl adjacent to an activating group) is 1. The van der Waals surface area contributed by atoms with Crippen molar-refractivity contribution in [1.29, 1.82) is 0 Å². The molecule has 6 heteroatoms. The van der Waals surface area contributed by atoms with Crippen molar-refractivity contribution in [2.45, 2.75) is 38.2 Å². The number of hydrogen-bond acceptors (Lipinski definition) is 4. The highest BCUT2D eigenvalue weighted by Gasteiger charge is 2.24. The molecule has 2 heterocycles. The Balaban J connectivity index is 1.42. The van der Waals surface area contributed by atoms with E-state index in [0.29, 0.717) is 6.10 Å². The highest BCUT2D eigenvalue weighted by atomic mass is 32.1. The highest BCUT2D eigenvalue weighted by molar-refractivity contribution is 7.80. The Morgan fingerprint density at radius 1 is 1.46 bits per heavy atom. The lowest BCUT2D eigenvalue weighted by Gasteiger charge is -2.22. The van der Waals surface area contributed by atoms with Crippen LogP contribution < -0.4 is 15.0 Å². The normalized spacial score (nSPS) is 18.4. The van der Waals surface area contributed by atoms with Gasteiger partial charge in [0.25, 0.3) is 0 Å². The molecule has 1 saturated heterocycles. The van der Waals surface area contributed by atoms with Gasteiger partial charge in [-0.3, -0.25) is 0 Å². The fourth-order valence-corrected chi connectivity index (χ4v) is 4.04. The smallest absolute Gasteiger partial charge is 0.173 e. The topological polar surface area (TPSA) is 37.0 Å². The van der Waals surface area contributed by atoms with Crippen LogP contribution in [0.4, 0.5) is 5.69 Å². The maximum atomic E-state index is 5.96. The zero-order chi connectivity index (χ0) is 19.8. The fourth-order valence-electron chi connectivity index (χ4n) is 3.77. The van der Waals surface area contributed by atoms with E-state index in [1.54, 1.807) is 0 Å². The van der Waals surface area contributed by atoms with Crippen LogP contribution in [0.25, 0.3) is 0 Å². The molecule has 2 aliphatic heterocycles. The number of thiocarbonyl (C=S) groups is 1. The molecule has 2 aliphatic rings. The highest BCUT2D eigenvalue weighted by Crippen LogP contribution is 2.31. The number of rotatable bonds is 10. The van der Waals surface area contributed by atoms with Crippen molar-refractivity contribution >= 4 is 23.0 Å². The minimum Gasteiger partial charge on any atom is -0.494 e. The summed E-state index contributed by atoms with van der Waals surface area (Å²) in [6.07, 6.45) is 7.70. The van der Waals surface area contributed by atoms with E-state index in [1.165, 1.54) is 11.3 Å². The Morgan fingerprint density at radius 2 is 2.36 bits per heavy atom. The van der Waals surface area contributed by atoms with Crippen molar-refractivity contribution in [3.8, 4) is 5.75 Å². The van der Waals surface area contributed by atoms with Crippen LogP contribution in [0, 0.1) is 0 Å². The Hall–Kier alpha value is -1.63. The maximum absolute atomic E-state index is 5.96. The molecular formula is C22H33N3O2S. The van der Waals surface area contributed by atoms with Gasteiger partial charge in [-0.15, -0.1) is 6.58 Å². The fraction of sp³-hybridized carbons (Fsp3) is 0.591. The van der Waals surface area contributed by atoms with Crippen molar-refractivity contribution < 1.29 is 9.47 Å². The first kappa shape index (κ1) is 21.1. The van der Waals surface area contributed by atoms with Crippen LogP contribution in [0.1, 0.15) is 31.2 Å². The van der Waals surface area contributed by atoms with Gasteiger partial charge in [-0.05, 0) is 81.7 Å². The molecule has 1 unspecified atom stereocenters. The van der Waals surface area contributed by atoms with E-state index < -0.39 is 0 Å². The molecule has 1 N–H and O–H groups in total. The second-order valence-corrected chi connectivity index (χ2v) is 8.01. The van der Waals surface area contributed by atoms with Crippen molar-refractivity contribution in [3.63, 3.8) is 0 Å². The van der Waals surface area contributed by atoms with E-state index in [4.69, 9.17) is 21.7 Å². The van der Waals surface area contributed by atoms with Gasteiger partial charge < -0.3 is 24.6 Å². The summed E-state index contributed by atoms with van der Waals surface area (Å²) in [6, 6.07) is 6.36. The molecule has 3 rings (SSSR count). The number of benzene rings is 1. The van der Waals surface area contributed by atoms with Gasteiger partial charge >= 0.3 is 0 Å². The molecule has 1 fully saturated rings. The second kappa shape index (κ2) is 10.8. The minimum atomic E-state index is 0.298. The molecule has 0 bridgehead atoms. The van der Waals surface area contributed by atoms with Crippen molar-refractivity contribution in [2.24, 2.45) is 0 Å². The van der Waals surface area contributed by atoms with E-state index >= 15 is 0 Å². The number of nitrogens with zero attached hydrogens (tertiary/aromatic N) is 2. The van der Waals surface area contributed by atoms with Crippen LogP contribution in [0.3, 0.4) is 0 Å². The lowest BCUT2D eigenvalue weighted by Crippen LogP contribution is -2.41. The van der Waals surface area contributed by atoms with Gasteiger partial charge in [0.2, 0.25) is 0 Å². The van der Waals surface area contributed by atoms with Crippen LogP contribution in [0.15, 0.2) is 30.9 Å². The van der Waals surface area contributed by atoms with Crippen LogP contribution >= 0.6 is 12.2 Å². The number of fused-ring (bicyclic) bond motifs is 1. The molecule has 0 aliphatic carbocycles. The van der Waals surface area contributed by atoms with Crippen LogP contribution in [-0.4, -0.2) is 62.6 Å². The molecule has 0 aromatic heterocycles. The van der Waals surface area contributed by atoms with Crippen molar-refractivity contribution in [1.82, 2.24) is 10.2 Å². The van der Waals surface area contributed by atoms with Crippen LogP contribution in [-0.2, 0) is 11.2 Å². The second-order valence-electron chi connectivity index (χ2n) is 7.62. The molecule has 0 saturated carbocycles. The SMILES string of the molecule is C=CCN(C)CCCCOc1ccc2c(c1)CCN2C(=S)NCC1CCCO1. The molecule has 1 atom stereocenters. The third kappa shape index (κ3) is 5.93. The Labute approximate surface area is 174 Å². The number of anilines is 1. The van der Waals surface area contributed by atoms with E-state index in [1.807, 2.05) is 6.08 Å². The minimum absolute atomic E-state index is 0.298. The molecule has 5 nitrogen and oxygen atoms in total. The summed E-state index contributed by atoms with van der Waals surface area (Å²) < 4.78 is 11.6. The van der Waals surface area contributed by atoms with Gasteiger partial charge in [0.1, 0.15) is 5.75 Å². The van der Waals surface area contributed by atoms with Crippen molar-refractivity contribution in [2.75, 3.05) is 51.3 Å². The summed E-state index contributed by atoms with van der Waals surface area (Å²) in [5.74, 6) is 0.957. The van der Waals surface area contributed by atoms with Crippen molar-refractivity contribution in [3.05, 3.63) is 36.4 Å². The Bertz CT molecular complexity index is 661. The van der Waals surface area contributed by atoms with E-state index in [9.17, 15) is 0 Å². The van der Waals surface area contributed by atoms with Gasteiger partial charge in [-0.25, -0.2) is 0 Å². The molecule has 28 heavy (non-hydrogen) atoms. The van der Waals surface area contributed by atoms with Gasteiger partial charge in [-0.1, -0.05) is 6.08 Å². The summed E-state index contributed by atoms with van der Waals surface area (Å²) >= 11 is 5.61. The zero-order valence-electron chi connectivity index (χ0n) is 17.0. The average Bonchev–Trinajstić information content (AvgIpc) is 3.35. The van der Waals surface area contributed by atoms with Gasteiger partial charge in [0, 0.05) is 31.9 Å². The molecule has 1 aromatic carbocycles. The molecule has 0 radical (unpaired) electrons.